The van der Waals surface area contributed by atoms with Crippen LogP contribution in [0.3, 0.4) is 0 Å². The number of carboxylic acids is 1. The van der Waals surface area contributed by atoms with Gasteiger partial charge < -0.3 is 53.0 Å². The van der Waals surface area contributed by atoms with E-state index in [2.05, 4.69) is 47.9 Å². The van der Waals surface area contributed by atoms with Crippen LogP contribution in [0.4, 0.5) is 5.69 Å². The van der Waals surface area contributed by atoms with E-state index in [-0.39, 0.29) is 11.1 Å². The second kappa shape index (κ2) is 15.9. The van der Waals surface area contributed by atoms with Gasteiger partial charge in [-0.3, -0.25) is 4.79 Å². The highest BCUT2D eigenvalue weighted by Gasteiger charge is 2.30. The maximum Gasteiger partial charge on any atom is 0.328 e. The molecular formula is C26H45N9O3. The van der Waals surface area contributed by atoms with E-state index in [0.29, 0.717) is 12.2 Å². The minimum absolute atomic E-state index is 0.0485. The zero-order chi connectivity index (χ0) is 27.1. The van der Waals surface area contributed by atoms with Gasteiger partial charge in [0.05, 0.1) is 11.1 Å². The number of aliphatic carboxylic acids is 1. The van der Waals surface area contributed by atoms with Crippen molar-refractivity contribution in [3.05, 3.63) is 42.0 Å². The molecule has 3 fully saturated rings. The molecule has 12 heteroatoms. The molecule has 3 aliphatic rings. The van der Waals surface area contributed by atoms with E-state index in [9.17, 15) is 9.59 Å². The average Bonchev–Trinajstić information content (AvgIpc) is 2.92. The van der Waals surface area contributed by atoms with E-state index in [1.165, 1.54) is 0 Å². The number of nitrogens with one attached hydrogen (secondary N) is 9. The van der Waals surface area contributed by atoms with Gasteiger partial charge in [0.1, 0.15) is 0 Å². The summed E-state index contributed by atoms with van der Waals surface area (Å²) in [5.41, 5.74) is 1.44. The van der Waals surface area contributed by atoms with E-state index in [0.717, 1.165) is 96.3 Å². The third-order valence-electron chi connectivity index (χ3n) is 7.01. The van der Waals surface area contributed by atoms with E-state index >= 15 is 0 Å². The van der Waals surface area contributed by atoms with Gasteiger partial charge in [0.15, 0.2) is 0 Å². The molecule has 0 aliphatic carbocycles. The van der Waals surface area contributed by atoms with Gasteiger partial charge >= 0.3 is 5.97 Å². The molecule has 1 aromatic carbocycles. The van der Waals surface area contributed by atoms with Crippen LogP contribution in [0.25, 0.3) is 0 Å². The fourth-order valence-corrected chi connectivity index (χ4v) is 4.65. The van der Waals surface area contributed by atoms with E-state index in [1.54, 1.807) is 0 Å². The number of amides is 1. The number of hydrogen-bond acceptors (Lipinski definition) is 10. The molecule has 0 spiro atoms. The highest BCUT2D eigenvalue weighted by molar-refractivity contribution is 6.02. The van der Waals surface area contributed by atoms with Crippen molar-refractivity contribution in [2.45, 2.75) is 17.6 Å². The number of likely N-dealkylation sites (N-methyl/N-ethyl adjacent to an activating group) is 1. The predicted molar refractivity (Wildman–Crippen MR) is 150 cm³/mol. The van der Waals surface area contributed by atoms with Crippen LogP contribution >= 0.6 is 0 Å². The van der Waals surface area contributed by atoms with Gasteiger partial charge in [0.25, 0.3) is 0 Å². The summed E-state index contributed by atoms with van der Waals surface area (Å²) in [7, 11) is 2.04. The zero-order valence-electron chi connectivity index (χ0n) is 22.4. The molecule has 212 valence electrons. The number of carbonyl (C=O) groups excluding carboxylic acids is 1. The maximum absolute atomic E-state index is 11.8. The molecule has 1 amide bonds. The Hall–Kier alpha value is -2.42. The summed E-state index contributed by atoms with van der Waals surface area (Å²) in [6.45, 7) is 11.0. The van der Waals surface area contributed by atoms with Crippen LogP contribution < -0.4 is 47.9 Å². The number of hydrogen-bond donors (Lipinski definition) is 10. The second-order valence-electron chi connectivity index (χ2n) is 10.1. The molecule has 0 saturated carbocycles. The molecule has 38 heavy (non-hydrogen) atoms. The Morgan fingerprint density at radius 2 is 1.21 bits per heavy atom. The van der Waals surface area contributed by atoms with Gasteiger partial charge in [-0.15, -0.1) is 0 Å². The molecule has 0 radical (unpaired) electrons. The summed E-state index contributed by atoms with van der Waals surface area (Å²) in [6.07, 6.45) is 1.82. The lowest BCUT2D eigenvalue weighted by Gasteiger charge is -2.38. The average molecular weight is 532 g/mol. The lowest BCUT2D eigenvalue weighted by Crippen LogP contribution is -2.66. The number of fused-ring (bicyclic) bond motifs is 15. The summed E-state index contributed by atoms with van der Waals surface area (Å²) in [4.78, 5) is 22.4. The topological polar surface area (TPSA) is 163 Å². The number of carbonyl (C=O) groups is 2. The smallest absolute Gasteiger partial charge is 0.328 e. The summed E-state index contributed by atoms with van der Waals surface area (Å²) in [5.74, 6) is -1.63. The molecule has 10 N–H and O–H groups in total. The number of carboxylic acid groups (broad SMARTS) is 1. The quantitative estimate of drug-likeness (QED) is 0.171. The van der Waals surface area contributed by atoms with Crippen LogP contribution in [-0.2, 0) is 16.1 Å². The fourth-order valence-electron chi connectivity index (χ4n) is 4.65. The Kier molecular flexibility index (Phi) is 12.6. The van der Waals surface area contributed by atoms with Crippen LogP contribution in [0.1, 0.15) is 5.56 Å². The summed E-state index contributed by atoms with van der Waals surface area (Å²) in [6, 6.07) is 7.58. The molecule has 0 aromatic heterocycles. The first-order valence-electron chi connectivity index (χ1n) is 13.4. The Labute approximate surface area is 225 Å². The van der Waals surface area contributed by atoms with Crippen LogP contribution in [0, 0.1) is 0 Å². The van der Waals surface area contributed by atoms with Gasteiger partial charge in [-0.1, -0.05) is 12.1 Å². The van der Waals surface area contributed by atoms with Crippen molar-refractivity contribution < 1.29 is 14.7 Å². The Balaban J connectivity index is 1.65. The predicted octanol–water partition coefficient (Wildman–Crippen LogP) is -2.38. The normalized spacial score (nSPS) is 26.4. The van der Waals surface area contributed by atoms with Crippen molar-refractivity contribution >= 4 is 17.6 Å². The minimum Gasteiger partial charge on any atom is -0.478 e. The van der Waals surface area contributed by atoms with Crippen molar-refractivity contribution in [1.29, 1.82) is 0 Å². The van der Waals surface area contributed by atoms with Crippen LogP contribution in [-0.4, -0.2) is 114 Å². The minimum atomic E-state index is -1.16. The van der Waals surface area contributed by atoms with Gasteiger partial charge in [0.2, 0.25) is 5.91 Å². The molecule has 2 bridgehead atoms. The van der Waals surface area contributed by atoms with Gasteiger partial charge in [-0.05, 0) is 24.7 Å². The number of benzene rings is 1. The third kappa shape index (κ3) is 10.4. The zero-order valence-corrected chi connectivity index (χ0v) is 22.4. The standard InChI is InChI=1S/C26H45N9O3/c1-27-25-15-28-8-11-31-18-26(19-32-12-9-29-16-25,20-33-13-10-30-17-25)34-14-21-2-4-22(5-3-21)35-23(36)6-7-24(37)38/h2-7,27-34H,8-20H2,1H3,(H,35,36)(H,37,38)/b7-6+. The van der Waals surface area contributed by atoms with E-state index in [4.69, 9.17) is 5.11 Å². The van der Waals surface area contributed by atoms with E-state index < -0.39 is 11.9 Å². The first kappa shape index (κ1) is 30.1. The van der Waals surface area contributed by atoms with E-state index in [1.807, 2.05) is 31.3 Å². The van der Waals surface area contributed by atoms with Crippen molar-refractivity contribution in [2.24, 2.45) is 0 Å². The Morgan fingerprint density at radius 3 is 1.63 bits per heavy atom. The molecule has 4 rings (SSSR count). The van der Waals surface area contributed by atoms with Crippen molar-refractivity contribution in [1.82, 2.24) is 42.5 Å². The molecule has 0 unspecified atom stereocenters. The first-order valence-corrected chi connectivity index (χ1v) is 13.4. The van der Waals surface area contributed by atoms with Gasteiger partial charge in [-0.25, -0.2) is 4.79 Å². The van der Waals surface area contributed by atoms with Crippen LogP contribution in [0.5, 0.6) is 0 Å². The molecule has 3 aliphatic heterocycles. The Morgan fingerprint density at radius 1 is 0.763 bits per heavy atom. The monoisotopic (exact) mass is 531 g/mol. The second-order valence-corrected chi connectivity index (χ2v) is 10.1. The largest absolute Gasteiger partial charge is 0.478 e. The molecular weight excluding hydrogens is 486 g/mol. The molecule has 3 saturated heterocycles. The van der Waals surface area contributed by atoms with Crippen molar-refractivity contribution in [3.8, 4) is 0 Å². The highest BCUT2D eigenvalue weighted by Crippen LogP contribution is 2.12. The lowest BCUT2D eigenvalue weighted by molar-refractivity contribution is -0.131. The van der Waals surface area contributed by atoms with Crippen LogP contribution in [0.2, 0.25) is 0 Å². The molecule has 0 atom stereocenters. The van der Waals surface area contributed by atoms with Crippen molar-refractivity contribution in [2.75, 3.05) is 90.9 Å². The highest BCUT2D eigenvalue weighted by atomic mass is 16.4. The SMILES string of the molecule is CNC12CNCCNCC(NCc3ccc(NC(=O)/C=C/C(=O)O)cc3)(CNCCNC1)CNCCNC2. The molecule has 1 aromatic rings. The maximum atomic E-state index is 11.8. The summed E-state index contributed by atoms with van der Waals surface area (Å²) in [5, 5.41) is 40.5. The van der Waals surface area contributed by atoms with Gasteiger partial charge in [-0.2, -0.15) is 0 Å². The van der Waals surface area contributed by atoms with Crippen LogP contribution in [0.15, 0.2) is 36.4 Å². The van der Waals surface area contributed by atoms with Crippen molar-refractivity contribution in [3.63, 3.8) is 0 Å². The lowest BCUT2D eigenvalue weighted by atomic mass is 9.97. The number of anilines is 1. The first-order chi connectivity index (χ1) is 18.4. The molecule has 12 nitrogen and oxygen atoms in total. The summed E-state index contributed by atoms with van der Waals surface area (Å²) < 4.78 is 0. The third-order valence-corrected chi connectivity index (χ3v) is 7.01. The fraction of sp³-hybridized carbons (Fsp3) is 0.615. The number of rotatable bonds is 7. The van der Waals surface area contributed by atoms with Gasteiger partial charge in [0, 0.05) is 103 Å². The Bertz CT molecular complexity index is 851. The molecule has 3 heterocycles. The summed E-state index contributed by atoms with van der Waals surface area (Å²) >= 11 is 0.